The average Bonchev–Trinajstić information content (AvgIpc) is 2.81. The number of nitrogens with one attached hydrogen (secondary N) is 3. The summed E-state index contributed by atoms with van der Waals surface area (Å²) in [6, 6.07) is 8.62. The van der Waals surface area contributed by atoms with E-state index in [-0.39, 0.29) is 5.82 Å². The van der Waals surface area contributed by atoms with Crippen molar-refractivity contribution in [2.75, 3.05) is 23.3 Å². The van der Waals surface area contributed by atoms with Crippen molar-refractivity contribution in [3.05, 3.63) is 70.2 Å². The number of halogens is 3. The Bertz CT molecular complexity index is 1070. The number of anilines is 2. The number of piperidine rings is 1. The maximum absolute atomic E-state index is 13.2. The Morgan fingerprint density at radius 3 is 2.52 bits per heavy atom. The molecule has 0 spiro atoms. The highest BCUT2D eigenvalue weighted by Crippen LogP contribution is 2.28. The van der Waals surface area contributed by atoms with Gasteiger partial charge in [-0.05, 0) is 43.5 Å². The molecule has 12 heteroatoms. The van der Waals surface area contributed by atoms with Crippen molar-refractivity contribution in [2.24, 2.45) is 0 Å². The molecule has 1 fully saturated rings. The highest BCUT2D eigenvalue weighted by Gasteiger charge is 2.38. The van der Waals surface area contributed by atoms with E-state index in [0.717, 1.165) is 31.5 Å². The van der Waals surface area contributed by atoms with E-state index in [0.29, 0.717) is 18.8 Å². The molecule has 1 amide bonds. The summed E-state index contributed by atoms with van der Waals surface area (Å²) in [7, 11) is 0. The van der Waals surface area contributed by atoms with Crippen molar-refractivity contribution in [3.63, 3.8) is 0 Å². The third-order valence-electron chi connectivity index (χ3n) is 4.97. The van der Waals surface area contributed by atoms with Gasteiger partial charge in [-0.1, -0.05) is 6.07 Å². The van der Waals surface area contributed by atoms with Gasteiger partial charge < -0.3 is 15.5 Å². The number of benzene rings is 1. The molecule has 1 aliphatic heterocycles. The van der Waals surface area contributed by atoms with Gasteiger partial charge in [0.25, 0.3) is 11.6 Å². The van der Waals surface area contributed by atoms with Gasteiger partial charge in [-0.3, -0.25) is 20.3 Å². The zero-order chi connectivity index (χ0) is 24.0. The maximum Gasteiger partial charge on any atom is 0.434 e. The second-order valence-electron chi connectivity index (χ2n) is 7.25. The standard InChI is InChI=1S/C21H21F3N6O3/c22-21(23,24)19(25)16(13-27-18-6-2-3-9-26-18)28-20(31)15-12-14(7-8-17(15)30(32)33)29-10-4-1-5-11-29/h2-3,6-9,12-13,25H,1,4-5,10-11H2,(H,26,27)(H,28,31)/b16-13+,25-19?. The van der Waals surface area contributed by atoms with Gasteiger partial charge in [-0.15, -0.1) is 0 Å². The molecule has 9 nitrogen and oxygen atoms in total. The highest BCUT2D eigenvalue weighted by molar-refractivity contribution is 6.08. The van der Waals surface area contributed by atoms with Crippen molar-refractivity contribution in [2.45, 2.75) is 25.4 Å². The molecule has 3 rings (SSSR count). The normalized spacial score (nSPS) is 14.5. The molecule has 2 aromatic rings. The van der Waals surface area contributed by atoms with Crippen molar-refractivity contribution in [1.82, 2.24) is 10.3 Å². The van der Waals surface area contributed by atoms with E-state index in [1.54, 1.807) is 12.1 Å². The van der Waals surface area contributed by atoms with Crippen LogP contribution in [0.1, 0.15) is 29.6 Å². The number of allylic oxidation sites excluding steroid dienone is 1. The summed E-state index contributed by atoms with van der Waals surface area (Å²) in [5.74, 6) is -0.957. The summed E-state index contributed by atoms with van der Waals surface area (Å²) in [6.07, 6.45) is 0.0102. The zero-order valence-electron chi connectivity index (χ0n) is 17.4. The largest absolute Gasteiger partial charge is 0.434 e. The molecule has 0 radical (unpaired) electrons. The number of hydrogen-bond acceptors (Lipinski definition) is 7. The van der Waals surface area contributed by atoms with E-state index in [1.165, 1.54) is 24.4 Å². The van der Waals surface area contributed by atoms with E-state index in [2.05, 4.69) is 10.3 Å². The van der Waals surface area contributed by atoms with Crippen LogP contribution in [0.4, 0.5) is 30.4 Å². The number of nitrogens with zero attached hydrogens (tertiary/aromatic N) is 3. The van der Waals surface area contributed by atoms with Crippen LogP contribution >= 0.6 is 0 Å². The number of amides is 1. The summed E-state index contributed by atoms with van der Waals surface area (Å²) in [5, 5.41) is 23.4. The predicted molar refractivity (Wildman–Crippen MR) is 116 cm³/mol. The summed E-state index contributed by atoms with van der Waals surface area (Å²) in [6.45, 7) is 1.41. The summed E-state index contributed by atoms with van der Waals surface area (Å²) in [5.41, 5.74) is -3.12. The molecule has 0 unspecified atom stereocenters. The van der Waals surface area contributed by atoms with Crippen LogP contribution in [0, 0.1) is 15.5 Å². The molecular formula is C21H21F3N6O3. The minimum Gasteiger partial charge on any atom is -0.372 e. The van der Waals surface area contributed by atoms with Gasteiger partial charge in [0.05, 0.1) is 10.6 Å². The molecule has 2 heterocycles. The van der Waals surface area contributed by atoms with E-state index < -0.39 is 39.7 Å². The fraction of sp³-hybridized carbons (Fsp3) is 0.286. The number of rotatable bonds is 7. The molecule has 0 atom stereocenters. The van der Waals surface area contributed by atoms with Crippen molar-refractivity contribution < 1.29 is 22.9 Å². The molecule has 1 aromatic heterocycles. The number of carbonyl (C=O) groups is 1. The van der Waals surface area contributed by atoms with E-state index in [1.807, 2.05) is 10.2 Å². The molecule has 1 saturated heterocycles. The third-order valence-corrected chi connectivity index (χ3v) is 4.97. The number of aromatic nitrogens is 1. The minimum absolute atomic E-state index is 0.178. The number of nitro benzene ring substituents is 1. The molecule has 174 valence electrons. The number of carbonyl (C=O) groups excluding carboxylic acids is 1. The van der Waals surface area contributed by atoms with Crippen LogP contribution in [0.3, 0.4) is 0 Å². The number of alkyl halides is 3. The number of hydrogen-bond donors (Lipinski definition) is 3. The second kappa shape index (κ2) is 10.1. The van der Waals surface area contributed by atoms with Gasteiger partial charge in [0.1, 0.15) is 11.4 Å². The van der Waals surface area contributed by atoms with E-state index in [9.17, 15) is 28.1 Å². The van der Waals surface area contributed by atoms with Crippen LogP contribution in [0.2, 0.25) is 0 Å². The first-order valence-corrected chi connectivity index (χ1v) is 10.1. The Hall–Kier alpha value is -3.96. The van der Waals surface area contributed by atoms with E-state index >= 15 is 0 Å². The molecule has 0 aliphatic carbocycles. The van der Waals surface area contributed by atoms with Crippen molar-refractivity contribution >= 4 is 28.8 Å². The van der Waals surface area contributed by atoms with Crippen LogP contribution in [-0.4, -0.2) is 40.8 Å². The van der Waals surface area contributed by atoms with Gasteiger partial charge >= 0.3 is 6.18 Å². The first-order valence-electron chi connectivity index (χ1n) is 10.1. The lowest BCUT2D eigenvalue weighted by atomic mass is 10.1. The molecule has 0 bridgehead atoms. The van der Waals surface area contributed by atoms with Gasteiger partial charge in [0.2, 0.25) is 0 Å². The van der Waals surface area contributed by atoms with Crippen LogP contribution in [0.25, 0.3) is 0 Å². The predicted octanol–water partition coefficient (Wildman–Crippen LogP) is 4.25. The molecule has 1 aliphatic rings. The third kappa shape index (κ3) is 6.05. The lowest BCUT2D eigenvalue weighted by Gasteiger charge is -2.29. The summed E-state index contributed by atoms with van der Waals surface area (Å²) in [4.78, 5) is 29.4. The van der Waals surface area contributed by atoms with Gasteiger partial charge in [-0.25, -0.2) is 4.98 Å². The molecule has 1 aromatic carbocycles. The Morgan fingerprint density at radius 1 is 1.18 bits per heavy atom. The zero-order valence-corrected chi connectivity index (χ0v) is 17.4. The van der Waals surface area contributed by atoms with Crippen LogP contribution < -0.4 is 15.5 Å². The van der Waals surface area contributed by atoms with Crippen LogP contribution in [0.15, 0.2) is 54.5 Å². The van der Waals surface area contributed by atoms with Crippen molar-refractivity contribution in [3.8, 4) is 0 Å². The monoisotopic (exact) mass is 462 g/mol. The second-order valence-corrected chi connectivity index (χ2v) is 7.25. The average molecular weight is 462 g/mol. The number of nitro groups is 1. The van der Waals surface area contributed by atoms with Gasteiger partial charge in [0.15, 0.2) is 5.71 Å². The van der Waals surface area contributed by atoms with Gasteiger partial charge in [0, 0.05) is 37.2 Å². The lowest BCUT2D eigenvalue weighted by Crippen LogP contribution is -2.35. The molecule has 0 saturated carbocycles. The number of pyridine rings is 1. The Labute approximate surface area is 187 Å². The molecule has 3 N–H and O–H groups in total. The minimum atomic E-state index is -5.06. The SMILES string of the molecule is N=C(/C(=C\Nc1ccccn1)NC(=O)c1cc(N2CCCCC2)ccc1[N+](=O)[O-])C(F)(F)F. The maximum atomic E-state index is 13.2. The van der Waals surface area contributed by atoms with E-state index in [4.69, 9.17) is 5.41 Å². The lowest BCUT2D eigenvalue weighted by molar-refractivity contribution is -0.385. The smallest absolute Gasteiger partial charge is 0.372 e. The fourth-order valence-electron chi connectivity index (χ4n) is 3.32. The van der Waals surface area contributed by atoms with Crippen molar-refractivity contribution in [1.29, 1.82) is 5.41 Å². The quantitative estimate of drug-likeness (QED) is 0.321. The molecular weight excluding hydrogens is 441 g/mol. The summed E-state index contributed by atoms with van der Waals surface area (Å²) >= 11 is 0. The first-order chi connectivity index (χ1) is 15.7. The first kappa shape index (κ1) is 23.7. The Kier molecular flexibility index (Phi) is 7.26. The van der Waals surface area contributed by atoms with Crippen LogP contribution in [-0.2, 0) is 0 Å². The highest BCUT2D eigenvalue weighted by atomic mass is 19.4. The summed E-state index contributed by atoms with van der Waals surface area (Å²) < 4.78 is 39.7. The Balaban J connectivity index is 1.93. The van der Waals surface area contributed by atoms with Gasteiger partial charge in [-0.2, -0.15) is 13.2 Å². The fourth-order valence-corrected chi connectivity index (χ4v) is 3.32. The Morgan fingerprint density at radius 2 is 1.91 bits per heavy atom. The molecule has 33 heavy (non-hydrogen) atoms. The topological polar surface area (TPSA) is 124 Å². The van der Waals surface area contributed by atoms with Crippen LogP contribution in [0.5, 0.6) is 0 Å².